The van der Waals surface area contributed by atoms with Gasteiger partial charge in [0.05, 0.1) is 27.2 Å². The standard InChI is InChI=1S/C8H18NO.ClH/c1-4-6-9(2,3)7-5-8-10;/h4,10H,1,5-8H2,2-3H3;1H/q+1;/p-1. The molecule has 0 rings (SSSR count). The fraction of sp³-hybridized carbons (Fsp3) is 0.750. The quantitative estimate of drug-likeness (QED) is 0.370. The summed E-state index contributed by atoms with van der Waals surface area (Å²) in [6, 6.07) is 0. The summed E-state index contributed by atoms with van der Waals surface area (Å²) in [6.07, 6.45) is 2.79. The fourth-order valence-electron chi connectivity index (χ4n) is 0.940. The predicted octanol–water partition coefficient (Wildman–Crippen LogP) is -2.36. The van der Waals surface area contributed by atoms with Crippen LogP contribution in [0.2, 0.25) is 0 Å². The molecule has 0 saturated carbocycles. The van der Waals surface area contributed by atoms with E-state index in [2.05, 4.69) is 20.7 Å². The number of nitrogens with zero attached hydrogens (tertiary/aromatic N) is 1. The summed E-state index contributed by atoms with van der Waals surface area (Å²) in [6.45, 7) is 5.95. The van der Waals surface area contributed by atoms with Gasteiger partial charge < -0.3 is 22.0 Å². The maximum atomic E-state index is 8.56. The summed E-state index contributed by atoms with van der Waals surface area (Å²) in [5.41, 5.74) is 0. The molecule has 11 heavy (non-hydrogen) atoms. The van der Waals surface area contributed by atoms with E-state index >= 15 is 0 Å². The van der Waals surface area contributed by atoms with Crippen LogP contribution in [-0.4, -0.2) is 43.4 Å². The smallest absolute Gasteiger partial charge is 0.0966 e. The summed E-state index contributed by atoms with van der Waals surface area (Å²) >= 11 is 0. The first-order valence-electron chi connectivity index (χ1n) is 3.66. The zero-order valence-electron chi connectivity index (χ0n) is 7.39. The average molecular weight is 180 g/mol. The summed E-state index contributed by atoms with van der Waals surface area (Å²) in [5.74, 6) is 0. The number of halogens is 1. The van der Waals surface area contributed by atoms with Crippen molar-refractivity contribution in [3.05, 3.63) is 12.7 Å². The molecule has 0 aromatic heterocycles. The van der Waals surface area contributed by atoms with Crippen LogP contribution in [0.4, 0.5) is 0 Å². The second kappa shape index (κ2) is 6.65. The molecule has 0 bridgehead atoms. The van der Waals surface area contributed by atoms with Crippen LogP contribution in [0.15, 0.2) is 12.7 Å². The van der Waals surface area contributed by atoms with Gasteiger partial charge in [-0.15, -0.1) is 0 Å². The van der Waals surface area contributed by atoms with E-state index in [1.807, 2.05) is 6.08 Å². The van der Waals surface area contributed by atoms with Crippen LogP contribution >= 0.6 is 0 Å². The number of quaternary nitrogens is 1. The van der Waals surface area contributed by atoms with Crippen LogP contribution in [0.3, 0.4) is 0 Å². The highest BCUT2D eigenvalue weighted by atomic mass is 35.5. The Morgan fingerprint density at radius 2 is 2.00 bits per heavy atom. The Morgan fingerprint density at radius 3 is 2.36 bits per heavy atom. The van der Waals surface area contributed by atoms with Crippen molar-refractivity contribution in [2.45, 2.75) is 6.42 Å². The molecule has 0 spiro atoms. The maximum absolute atomic E-state index is 8.56. The molecule has 2 nitrogen and oxygen atoms in total. The molecular weight excluding hydrogens is 162 g/mol. The molecule has 0 aromatic rings. The molecule has 68 valence electrons. The van der Waals surface area contributed by atoms with E-state index < -0.39 is 0 Å². The molecule has 0 aliphatic heterocycles. The van der Waals surface area contributed by atoms with Crippen molar-refractivity contribution in [1.82, 2.24) is 0 Å². The third-order valence-electron chi connectivity index (χ3n) is 1.54. The molecule has 0 amide bonds. The first-order valence-corrected chi connectivity index (χ1v) is 3.66. The average Bonchev–Trinajstić information content (AvgIpc) is 1.84. The van der Waals surface area contributed by atoms with Gasteiger partial charge in [0.1, 0.15) is 0 Å². The van der Waals surface area contributed by atoms with Gasteiger partial charge >= 0.3 is 0 Å². The molecule has 0 radical (unpaired) electrons. The van der Waals surface area contributed by atoms with E-state index in [1.165, 1.54) is 0 Å². The third kappa shape index (κ3) is 7.85. The van der Waals surface area contributed by atoms with Gasteiger partial charge in [0, 0.05) is 13.0 Å². The second-order valence-electron chi connectivity index (χ2n) is 3.21. The van der Waals surface area contributed by atoms with E-state index in [1.54, 1.807) is 0 Å². The zero-order chi connectivity index (χ0) is 8.04. The van der Waals surface area contributed by atoms with Crippen LogP contribution in [-0.2, 0) is 0 Å². The molecule has 1 N–H and O–H groups in total. The van der Waals surface area contributed by atoms with Crippen molar-refractivity contribution in [2.75, 3.05) is 33.8 Å². The van der Waals surface area contributed by atoms with Crippen molar-refractivity contribution >= 4 is 0 Å². The number of hydrogen-bond acceptors (Lipinski definition) is 1. The summed E-state index contributed by atoms with van der Waals surface area (Å²) in [4.78, 5) is 0. The summed E-state index contributed by atoms with van der Waals surface area (Å²) < 4.78 is 0.921. The first kappa shape index (κ1) is 13.5. The lowest BCUT2D eigenvalue weighted by Gasteiger charge is -2.27. The minimum absolute atomic E-state index is 0. The molecule has 0 heterocycles. The lowest BCUT2D eigenvalue weighted by Crippen LogP contribution is -3.00. The van der Waals surface area contributed by atoms with Crippen LogP contribution in [0.5, 0.6) is 0 Å². The minimum atomic E-state index is 0. The van der Waals surface area contributed by atoms with E-state index in [0.29, 0.717) is 6.61 Å². The number of rotatable bonds is 5. The Labute approximate surface area is 75.5 Å². The predicted molar refractivity (Wildman–Crippen MR) is 43.7 cm³/mol. The van der Waals surface area contributed by atoms with Crippen LogP contribution < -0.4 is 12.4 Å². The molecular formula is C8H18ClNO. The van der Waals surface area contributed by atoms with Crippen LogP contribution in [0.1, 0.15) is 6.42 Å². The topological polar surface area (TPSA) is 20.2 Å². The van der Waals surface area contributed by atoms with Crippen molar-refractivity contribution in [3.8, 4) is 0 Å². The van der Waals surface area contributed by atoms with Crippen LogP contribution in [0, 0.1) is 0 Å². The maximum Gasteiger partial charge on any atom is 0.0966 e. The largest absolute Gasteiger partial charge is 1.00 e. The number of aliphatic hydroxyl groups is 1. The van der Waals surface area contributed by atoms with E-state index in [0.717, 1.165) is 24.0 Å². The van der Waals surface area contributed by atoms with E-state index in [-0.39, 0.29) is 12.4 Å². The first-order chi connectivity index (χ1) is 4.62. The zero-order valence-corrected chi connectivity index (χ0v) is 8.14. The highest BCUT2D eigenvalue weighted by Crippen LogP contribution is 1.97. The molecule has 0 aromatic carbocycles. The van der Waals surface area contributed by atoms with Crippen LogP contribution in [0.25, 0.3) is 0 Å². The molecule has 0 aliphatic carbocycles. The molecule has 0 fully saturated rings. The highest BCUT2D eigenvalue weighted by molar-refractivity contribution is 4.64. The Morgan fingerprint density at radius 1 is 1.45 bits per heavy atom. The van der Waals surface area contributed by atoms with E-state index in [4.69, 9.17) is 5.11 Å². The van der Waals surface area contributed by atoms with Gasteiger partial charge in [-0.3, -0.25) is 0 Å². The Bertz CT molecular complexity index is 104. The van der Waals surface area contributed by atoms with Gasteiger partial charge in [0.2, 0.25) is 0 Å². The normalized spacial score (nSPS) is 10.5. The van der Waals surface area contributed by atoms with Gasteiger partial charge in [0.15, 0.2) is 0 Å². The highest BCUT2D eigenvalue weighted by Gasteiger charge is 2.10. The van der Waals surface area contributed by atoms with E-state index in [9.17, 15) is 0 Å². The molecule has 3 heteroatoms. The lowest BCUT2D eigenvalue weighted by molar-refractivity contribution is -0.884. The minimum Gasteiger partial charge on any atom is -1.00 e. The van der Waals surface area contributed by atoms with Crippen molar-refractivity contribution in [2.24, 2.45) is 0 Å². The van der Waals surface area contributed by atoms with Gasteiger partial charge in [0.25, 0.3) is 0 Å². The molecule has 0 atom stereocenters. The molecule has 0 unspecified atom stereocenters. The van der Waals surface area contributed by atoms with Gasteiger partial charge in [-0.25, -0.2) is 0 Å². The summed E-state index contributed by atoms with van der Waals surface area (Å²) in [7, 11) is 4.27. The number of hydrogen-bond donors (Lipinski definition) is 1. The molecule has 0 aliphatic rings. The number of aliphatic hydroxyl groups excluding tert-OH is 1. The van der Waals surface area contributed by atoms with Gasteiger partial charge in [-0.1, -0.05) is 6.58 Å². The second-order valence-corrected chi connectivity index (χ2v) is 3.21. The van der Waals surface area contributed by atoms with Crippen molar-refractivity contribution < 1.29 is 22.0 Å². The number of likely N-dealkylation sites (N-methyl/N-ethyl adjacent to an activating group) is 1. The third-order valence-corrected chi connectivity index (χ3v) is 1.54. The van der Waals surface area contributed by atoms with Gasteiger partial charge in [-0.05, 0) is 6.08 Å². The van der Waals surface area contributed by atoms with Gasteiger partial charge in [-0.2, -0.15) is 0 Å². The monoisotopic (exact) mass is 179 g/mol. The lowest BCUT2D eigenvalue weighted by atomic mass is 10.3. The SMILES string of the molecule is C=CC[N+](C)(C)CCCO.[Cl-]. The van der Waals surface area contributed by atoms with Crippen molar-refractivity contribution in [1.29, 1.82) is 0 Å². The van der Waals surface area contributed by atoms with Crippen molar-refractivity contribution in [3.63, 3.8) is 0 Å². The Balaban J connectivity index is 0. The molecule has 0 saturated heterocycles. The summed E-state index contributed by atoms with van der Waals surface area (Å²) in [5, 5.41) is 8.56. The Kier molecular flexibility index (Phi) is 8.18. The Hall–Kier alpha value is -0.0500. The fourth-order valence-corrected chi connectivity index (χ4v) is 0.940.